The van der Waals surface area contributed by atoms with Gasteiger partial charge in [-0.25, -0.2) is 9.78 Å². The highest BCUT2D eigenvalue weighted by Crippen LogP contribution is 2.22. The molecule has 0 aliphatic rings. The summed E-state index contributed by atoms with van der Waals surface area (Å²) in [6, 6.07) is 7.28. The monoisotopic (exact) mass is 348 g/mol. The lowest BCUT2D eigenvalue weighted by Gasteiger charge is -2.03. The topological polar surface area (TPSA) is 77.5 Å². The number of hydrogen-bond donors (Lipinski definition) is 1. The van der Waals surface area contributed by atoms with Gasteiger partial charge in [0.15, 0.2) is 5.13 Å². The fraction of sp³-hybridized carbons (Fsp3) is 0.353. The number of carbonyl (C=O) groups excluding carboxylic acids is 2. The summed E-state index contributed by atoms with van der Waals surface area (Å²) < 4.78 is 9.65. The first-order valence-corrected chi connectivity index (χ1v) is 8.34. The lowest BCUT2D eigenvalue weighted by molar-refractivity contribution is -0.116. The molecular formula is C17H20N2O4S. The molecule has 0 unspecified atom stereocenters. The zero-order valence-corrected chi connectivity index (χ0v) is 14.5. The van der Waals surface area contributed by atoms with E-state index >= 15 is 0 Å². The highest BCUT2D eigenvalue weighted by atomic mass is 32.1. The third-order valence-electron chi connectivity index (χ3n) is 3.28. The zero-order valence-electron chi connectivity index (χ0n) is 13.7. The predicted octanol–water partition coefficient (Wildman–Crippen LogP) is 2.89. The van der Waals surface area contributed by atoms with Crippen molar-refractivity contribution in [3.05, 3.63) is 46.5 Å². The minimum Gasteiger partial charge on any atom is -0.465 e. The van der Waals surface area contributed by atoms with E-state index in [1.165, 1.54) is 18.4 Å². The maximum atomic E-state index is 11.8. The molecular weight excluding hydrogens is 328 g/mol. The zero-order chi connectivity index (χ0) is 17.4. The van der Waals surface area contributed by atoms with E-state index in [1.807, 2.05) is 12.1 Å². The molecule has 0 fully saturated rings. The number of nitrogens with one attached hydrogen (secondary N) is 1. The Morgan fingerprint density at radius 2 is 2.12 bits per heavy atom. The minimum absolute atomic E-state index is 0.0689. The summed E-state index contributed by atoms with van der Waals surface area (Å²) in [4.78, 5) is 28.5. The SMILES string of the molecule is COCCCC(=O)Nc1ncc(Cc2cccc(C(=O)OC)c2)s1. The Hall–Kier alpha value is -2.25. The third kappa shape index (κ3) is 5.43. The van der Waals surface area contributed by atoms with Crippen molar-refractivity contribution in [3.63, 3.8) is 0 Å². The van der Waals surface area contributed by atoms with Crippen LogP contribution in [0.3, 0.4) is 0 Å². The molecule has 0 spiro atoms. The van der Waals surface area contributed by atoms with E-state index in [0.717, 1.165) is 10.4 Å². The molecule has 0 saturated heterocycles. The normalized spacial score (nSPS) is 10.4. The second kappa shape index (κ2) is 9.14. The number of aromatic nitrogens is 1. The van der Waals surface area contributed by atoms with Crippen molar-refractivity contribution < 1.29 is 19.1 Å². The van der Waals surface area contributed by atoms with E-state index < -0.39 is 0 Å². The highest BCUT2D eigenvalue weighted by molar-refractivity contribution is 7.15. The van der Waals surface area contributed by atoms with Crippen LogP contribution in [-0.2, 0) is 20.7 Å². The molecule has 1 N–H and O–H groups in total. The Balaban J connectivity index is 1.94. The molecule has 0 saturated carbocycles. The maximum Gasteiger partial charge on any atom is 0.337 e. The largest absolute Gasteiger partial charge is 0.465 e. The number of anilines is 1. The fourth-order valence-electron chi connectivity index (χ4n) is 2.13. The minimum atomic E-state index is -0.356. The molecule has 2 rings (SSSR count). The van der Waals surface area contributed by atoms with E-state index in [2.05, 4.69) is 10.3 Å². The number of esters is 1. The summed E-state index contributed by atoms with van der Waals surface area (Å²) in [5.41, 5.74) is 1.51. The van der Waals surface area contributed by atoms with Gasteiger partial charge in [-0.05, 0) is 24.1 Å². The van der Waals surface area contributed by atoms with Crippen LogP contribution < -0.4 is 5.32 Å². The predicted molar refractivity (Wildman–Crippen MR) is 92.4 cm³/mol. The summed E-state index contributed by atoms with van der Waals surface area (Å²) in [5.74, 6) is -0.425. The van der Waals surface area contributed by atoms with E-state index in [4.69, 9.17) is 9.47 Å². The van der Waals surface area contributed by atoms with Gasteiger partial charge in [-0.3, -0.25) is 4.79 Å². The molecule has 0 aliphatic heterocycles. The van der Waals surface area contributed by atoms with Gasteiger partial charge in [-0.2, -0.15) is 0 Å². The van der Waals surface area contributed by atoms with Gasteiger partial charge < -0.3 is 14.8 Å². The van der Waals surface area contributed by atoms with Crippen LogP contribution in [0.5, 0.6) is 0 Å². The second-order valence-electron chi connectivity index (χ2n) is 5.14. The molecule has 1 aromatic carbocycles. The van der Waals surface area contributed by atoms with E-state index in [1.54, 1.807) is 25.4 Å². The summed E-state index contributed by atoms with van der Waals surface area (Å²) in [7, 11) is 2.97. The molecule has 0 radical (unpaired) electrons. The molecule has 0 aliphatic carbocycles. The van der Waals surface area contributed by atoms with E-state index in [-0.39, 0.29) is 11.9 Å². The van der Waals surface area contributed by atoms with Gasteiger partial charge in [0.25, 0.3) is 0 Å². The van der Waals surface area contributed by atoms with E-state index in [9.17, 15) is 9.59 Å². The van der Waals surface area contributed by atoms with Crippen LogP contribution in [0, 0.1) is 0 Å². The lowest BCUT2D eigenvalue weighted by atomic mass is 10.1. The number of methoxy groups -OCH3 is 2. The van der Waals surface area contributed by atoms with Crippen molar-refractivity contribution >= 4 is 28.3 Å². The van der Waals surface area contributed by atoms with Crippen LogP contribution in [0.25, 0.3) is 0 Å². The van der Waals surface area contributed by atoms with Crippen molar-refractivity contribution in [2.75, 3.05) is 26.1 Å². The first kappa shape index (κ1) is 18.1. The lowest BCUT2D eigenvalue weighted by Crippen LogP contribution is -2.11. The van der Waals surface area contributed by atoms with Gasteiger partial charge in [-0.15, -0.1) is 11.3 Å². The molecule has 1 amide bonds. The van der Waals surface area contributed by atoms with Crippen LogP contribution in [-0.4, -0.2) is 37.7 Å². The van der Waals surface area contributed by atoms with E-state index in [0.29, 0.717) is 36.6 Å². The first-order valence-electron chi connectivity index (χ1n) is 7.53. The average molecular weight is 348 g/mol. The third-order valence-corrected chi connectivity index (χ3v) is 4.19. The summed E-state index contributed by atoms with van der Waals surface area (Å²) in [6.07, 6.45) is 3.47. The molecule has 2 aromatic rings. The smallest absolute Gasteiger partial charge is 0.337 e. The van der Waals surface area contributed by atoms with Crippen molar-refractivity contribution in [1.82, 2.24) is 4.98 Å². The molecule has 128 valence electrons. The van der Waals surface area contributed by atoms with Crippen LogP contribution in [0.4, 0.5) is 5.13 Å². The molecule has 6 nitrogen and oxygen atoms in total. The molecule has 1 aromatic heterocycles. The van der Waals surface area contributed by atoms with Gasteiger partial charge in [-0.1, -0.05) is 12.1 Å². The number of hydrogen-bond acceptors (Lipinski definition) is 6. The van der Waals surface area contributed by atoms with Gasteiger partial charge in [0, 0.05) is 37.6 Å². The number of carbonyl (C=O) groups is 2. The second-order valence-corrected chi connectivity index (χ2v) is 6.26. The number of thiazole rings is 1. The van der Waals surface area contributed by atoms with Gasteiger partial charge >= 0.3 is 5.97 Å². The van der Waals surface area contributed by atoms with Crippen molar-refractivity contribution in [2.24, 2.45) is 0 Å². The summed E-state index contributed by atoms with van der Waals surface area (Å²) in [6.45, 7) is 0.563. The Labute approximate surface area is 144 Å². The fourth-order valence-corrected chi connectivity index (χ4v) is 3.00. The van der Waals surface area contributed by atoms with Crippen LogP contribution in [0.1, 0.15) is 33.6 Å². The quantitative estimate of drug-likeness (QED) is 0.586. The molecule has 7 heteroatoms. The van der Waals surface area contributed by atoms with Crippen LogP contribution >= 0.6 is 11.3 Å². The number of rotatable bonds is 8. The Morgan fingerprint density at radius 3 is 2.88 bits per heavy atom. The molecule has 0 atom stereocenters. The van der Waals surface area contributed by atoms with Crippen LogP contribution in [0.15, 0.2) is 30.5 Å². The number of ether oxygens (including phenoxy) is 2. The van der Waals surface area contributed by atoms with Crippen LogP contribution in [0.2, 0.25) is 0 Å². The summed E-state index contributed by atoms with van der Waals surface area (Å²) in [5, 5.41) is 3.36. The number of benzene rings is 1. The molecule has 24 heavy (non-hydrogen) atoms. The Kier molecular flexibility index (Phi) is 6.89. The maximum absolute atomic E-state index is 11.8. The number of nitrogens with zero attached hydrogens (tertiary/aromatic N) is 1. The van der Waals surface area contributed by atoms with Gasteiger partial charge in [0.05, 0.1) is 12.7 Å². The summed E-state index contributed by atoms with van der Waals surface area (Å²) >= 11 is 1.42. The van der Waals surface area contributed by atoms with Gasteiger partial charge in [0.1, 0.15) is 0 Å². The molecule has 0 bridgehead atoms. The first-order chi connectivity index (χ1) is 11.6. The van der Waals surface area contributed by atoms with Crippen molar-refractivity contribution in [3.8, 4) is 0 Å². The van der Waals surface area contributed by atoms with Crippen molar-refractivity contribution in [1.29, 1.82) is 0 Å². The Bertz CT molecular complexity index is 699. The van der Waals surface area contributed by atoms with Crippen molar-refractivity contribution in [2.45, 2.75) is 19.3 Å². The average Bonchev–Trinajstić information content (AvgIpc) is 3.01. The number of amides is 1. The molecule has 1 heterocycles. The van der Waals surface area contributed by atoms with Gasteiger partial charge in [0.2, 0.25) is 5.91 Å². The highest BCUT2D eigenvalue weighted by Gasteiger charge is 2.09. The Morgan fingerprint density at radius 1 is 1.29 bits per heavy atom. The standard InChI is InChI=1S/C17H20N2O4S/c1-22-8-4-7-15(20)19-17-18-11-14(24-17)10-12-5-3-6-13(9-12)16(21)23-2/h3,5-6,9,11H,4,7-8,10H2,1-2H3,(H,18,19,20).